The third kappa shape index (κ3) is 4.65. The molecule has 1 amide bonds. The van der Waals surface area contributed by atoms with Gasteiger partial charge in [0.25, 0.3) is 0 Å². The molecule has 4 saturated carbocycles. The molecule has 0 saturated heterocycles. The van der Waals surface area contributed by atoms with Gasteiger partial charge in [-0.05, 0) is 86.3 Å². The van der Waals surface area contributed by atoms with Crippen molar-refractivity contribution in [3.05, 3.63) is 41.3 Å². The van der Waals surface area contributed by atoms with Crippen LogP contribution < -0.4 is 14.8 Å². The fourth-order valence-electron chi connectivity index (χ4n) is 8.01. The van der Waals surface area contributed by atoms with E-state index in [0.717, 1.165) is 40.4 Å². The fraction of sp³-hybridized carbons (Fsp3) is 0.621. The molecule has 2 heterocycles. The Bertz CT molecular complexity index is 1130. The summed E-state index contributed by atoms with van der Waals surface area (Å²) in [5, 5.41) is 14.8. The summed E-state index contributed by atoms with van der Waals surface area (Å²) in [5.41, 5.74) is 2.82. The molecule has 4 bridgehead atoms. The van der Waals surface area contributed by atoms with Gasteiger partial charge in [-0.3, -0.25) is 4.79 Å². The van der Waals surface area contributed by atoms with E-state index in [2.05, 4.69) is 15.3 Å². The molecule has 2 N–H and O–H groups in total. The smallest absolute Gasteiger partial charge is 0.227 e. The van der Waals surface area contributed by atoms with Crippen molar-refractivity contribution < 1.29 is 19.4 Å². The summed E-state index contributed by atoms with van der Waals surface area (Å²) in [4.78, 5) is 24.1. The Hall–Kier alpha value is -2.87. The van der Waals surface area contributed by atoms with Crippen LogP contribution in [-0.4, -0.2) is 59.3 Å². The summed E-state index contributed by atoms with van der Waals surface area (Å²) >= 11 is 0. The Balaban J connectivity index is 1.11. The molecule has 198 valence electrons. The number of nitrogens with one attached hydrogen (secondary N) is 1. The number of aromatic nitrogens is 2. The number of aliphatic hydroxyl groups excluding tert-OH is 1. The SMILES string of the molecule is COc1ccc(OC)c(CC(=O)N2CCc3c(ncnc3NCC(O)C34CC5CC(CC(C5)C3)C4)C2)c1. The molecule has 4 aliphatic carbocycles. The molecule has 4 fully saturated rings. The maximum Gasteiger partial charge on any atom is 0.227 e. The van der Waals surface area contributed by atoms with E-state index in [0.29, 0.717) is 37.6 Å². The van der Waals surface area contributed by atoms with Crippen molar-refractivity contribution in [3.8, 4) is 11.5 Å². The van der Waals surface area contributed by atoms with Crippen LogP contribution in [0.25, 0.3) is 0 Å². The minimum absolute atomic E-state index is 0.0302. The molecule has 7 rings (SSSR count). The fourth-order valence-corrected chi connectivity index (χ4v) is 8.01. The number of amides is 1. The number of anilines is 1. The van der Waals surface area contributed by atoms with Gasteiger partial charge in [-0.25, -0.2) is 9.97 Å². The van der Waals surface area contributed by atoms with Crippen LogP contribution >= 0.6 is 0 Å². The number of hydrogen-bond donors (Lipinski definition) is 2. The third-order valence-electron chi connectivity index (χ3n) is 9.44. The Morgan fingerprint density at radius 2 is 1.86 bits per heavy atom. The van der Waals surface area contributed by atoms with Crippen LogP contribution in [0.4, 0.5) is 5.82 Å². The Kier molecular flexibility index (Phi) is 6.47. The van der Waals surface area contributed by atoms with Crippen LogP contribution in [-0.2, 0) is 24.2 Å². The van der Waals surface area contributed by atoms with Crippen molar-refractivity contribution in [1.82, 2.24) is 14.9 Å². The maximum atomic E-state index is 13.2. The minimum Gasteiger partial charge on any atom is -0.497 e. The van der Waals surface area contributed by atoms with Crippen LogP contribution in [0.2, 0.25) is 0 Å². The van der Waals surface area contributed by atoms with Crippen LogP contribution in [0.15, 0.2) is 24.5 Å². The normalized spacial score (nSPS) is 28.5. The summed E-state index contributed by atoms with van der Waals surface area (Å²) < 4.78 is 10.8. The van der Waals surface area contributed by atoms with Gasteiger partial charge in [0.15, 0.2) is 0 Å². The largest absolute Gasteiger partial charge is 0.497 e. The van der Waals surface area contributed by atoms with Gasteiger partial charge in [0.1, 0.15) is 23.6 Å². The van der Waals surface area contributed by atoms with Crippen LogP contribution in [0, 0.1) is 23.2 Å². The number of methoxy groups -OCH3 is 2. The molecule has 8 nitrogen and oxygen atoms in total. The lowest BCUT2D eigenvalue weighted by Crippen LogP contribution is -2.53. The number of rotatable bonds is 8. The van der Waals surface area contributed by atoms with E-state index in [1.54, 1.807) is 20.5 Å². The molecule has 5 aliphatic rings. The molecule has 37 heavy (non-hydrogen) atoms. The lowest BCUT2D eigenvalue weighted by atomic mass is 9.48. The standard InChI is InChI=1S/C29H38N4O4/c1-36-22-3-4-25(37-2)21(10-22)11-27(35)33-6-5-23-24(16-33)31-17-32-28(23)30-15-26(34)29-12-18-7-19(13-29)9-20(8-18)14-29/h3-4,10,17-20,26,34H,5-9,11-16H2,1-2H3,(H,30,31,32). The number of carbonyl (C=O) groups excluding carboxylic acids is 1. The Morgan fingerprint density at radius 1 is 1.14 bits per heavy atom. The molecule has 2 aromatic rings. The van der Waals surface area contributed by atoms with Crippen LogP contribution in [0.1, 0.15) is 55.3 Å². The van der Waals surface area contributed by atoms with Gasteiger partial charge < -0.3 is 24.8 Å². The maximum absolute atomic E-state index is 13.2. The van der Waals surface area contributed by atoms with Crippen LogP contribution in [0.3, 0.4) is 0 Å². The van der Waals surface area contributed by atoms with E-state index >= 15 is 0 Å². The monoisotopic (exact) mass is 506 g/mol. The highest BCUT2D eigenvalue weighted by Gasteiger charge is 2.53. The van der Waals surface area contributed by atoms with Gasteiger partial charge >= 0.3 is 0 Å². The molecule has 1 aromatic carbocycles. The van der Waals surface area contributed by atoms with Crippen LogP contribution in [0.5, 0.6) is 11.5 Å². The number of benzene rings is 1. The first kappa shape index (κ1) is 24.5. The first-order chi connectivity index (χ1) is 18.0. The molecule has 1 unspecified atom stereocenters. The molecule has 1 aliphatic heterocycles. The zero-order chi connectivity index (χ0) is 25.6. The lowest BCUT2D eigenvalue weighted by molar-refractivity contribution is -0.131. The number of nitrogens with zero attached hydrogens (tertiary/aromatic N) is 3. The van der Waals surface area contributed by atoms with Crippen molar-refractivity contribution in [3.63, 3.8) is 0 Å². The second-order valence-electron chi connectivity index (χ2n) is 11.7. The molecule has 0 radical (unpaired) electrons. The van der Waals surface area contributed by atoms with E-state index < -0.39 is 0 Å². The second-order valence-corrected chi connectivity index (χ2v) is 11.7. The summed E-state index contributed by atoms with van der Waals surface area (Å²) in [6, 6.07) is 5.51. The highest BCUT2D eigenvalue weighted by Crippen LogP contribution is 2.61. The first-order valence-corrected chi connectivity index (χ1v) is 13.7. The first-order valence-electron chi connectivity index (χ1n) is 13.7. The summed E-state index contributed by atoms with van der Waals surface area (Å²) in [5.74, 6) is 4.65. The number of hydrogen-bond acceptors (Lipinski definition) is 7. The van der Waals surface area contributed by atoms with Crippen molar-refractivity contribution in [2.75, 3.05) is 32.6 Å². The molecule has 1 atom stereocenters. The van der Waals surface area contributed by atoms with E-state index in [-0.39, 0.29) is 23.8 Å². The van der Waals surface area contributed by atoms with Crippen molar-refractivity contribution in [1.29, 1.82) is 0 Å². The van der Waals surface area contributed by atoms with Gasteiger partial charge in [-0.15, -0.1) is 0 Å². The van der Waals surface area contributed by atoms with Gasteiger partial charge in [-0.1, -0.05) is 0 Å². The van der Waals surface area contributed by atoms with Gasteiger partial charge in [0.2, 0.25) is 5.91 Å². The molecule has 1 aromatic heterocycles. The predicted octanol–water partition coefficient (Wildman–Crippen LogP) is 3.61. The predicted molar refractivity (Wildman–Crippen MR) is 140 cm³/mol. The quantitative estimate of drug-likeness (QED) is 0.565. The zero-order valence-corrected chi connectivity index (χ0v) is 21.9. The zero-order valence-electron chi connectivity index (χ0n) is 21.9. The average Bonchev–Trinajstić information content (AvgIpc) is 2.90. The third-order valence-corrected chi connectivity index (χ3v) is 9.44. The molecule has 0 spiro atoms. The van der Waals surface area contributed by atoms with Crippen molar-refractivity contribution in [2.24, 2.45) is 23.2 Å². The molecular formula is C29H38N4O4. The topological polar surface area (TPSA) is 96.8 Å². The lowest BCUT2D eigenvalue weighted by Gasteiger charge is -2.58. The van der Waals surface area contributed by atoms with E-state index in [1.807, 2.05) is 23.1 Å². The Morgan fingerprint density at radius 3 is 2.54 bits per heavy atom. The number of fused-ring (bicyclic) bond motifs is 1. The highest BCUT2D eigenvalue weighted by molar-refractivity contribution is 5.80. The highest BCUT2D eigenvalue weighted by atomic mass is 16.5. The number of aliphatic hydroxyl groups is 1. The average molecular weight is 507 g/mol. The summed E-state index contributed by atoms with van der Waals surface area (Å²) in [6.45, 7) is 1.58. The second kappa shape index (κ2) is 9.78. The Labute approximate surface area is 218 Å². The van der Waals surface area contributed by atoms with E-state index in [9.17, 15) is 9.90 Å². The summed E-state index contributed by atoms with van der Waals surface area (Å²) in [6.07, 6.45) is 9.80. The van der Waals surface area contributed by atoms with Crippen molar-refractivity contribution in [2.45, 2.75) is 64.0 Å². The van der Waals surface area contributed by atoms with E-state index in [1.165, 1.54) is 38.5 Å². The summed E-state index contributed by atoms with van der Waals surface area (Å²) in [7, 11) is 3.22. The number of ether oxygens (including phenoxy) is 2. The molecular weight excluding hydrogens is 468 g/mol. The molecule has 8 heteroatoms. The van der Waals surface area contributed by atoms with Gasteiger partial charge in [-0.2, -0.15) is 0 Å². The van der Waals surface area contributed by atoms with E-state index in [4.69, 9.17) is 9.47 Å². The number of carbonyl (C=O) groups is 1. The van der Waals surface area contributed by atoms with Gasteiger partial charge in [0, 0.05) is 24.2 Å². The minimum atomic E-state index is -0.356. The van der Waals surface area contributed by atoms with Crippen molar-refractivity contribution >= 4 is 11.7 Å². The van der Waals surface area contributed by atoms with Gasteiger partial charge in [0.05, 0.1) is 39.0 Å².